The van der Waals surface area contributed by atoms with E-state index in [0.717, 1.165) is 16.9 Å². The summed E-state index contributed by atoms with van der Waals surface area (Å²) in [5.74, 6) is 0.906. The van der Waals surface area contributed by atoms with Crippen LogP contribution < -0.4 is 5.73 Å². The van der Waals surface area contributed by atoms with Gasteiger partial charge in [0.05, 0.1) is 6.26 Å². The van der Waals surface area contributed by atoms with E-state index in [9.17, 15) is 0 Å². The highest BCUT2D eigenvalue weighted by atomic mass is 16.3. The van der Waals surface area contributed by atoms with Crippen LogP contribution in [0.4, 0.5) is 0 Å². The van der Waals surface area contributed by atoms with Gasteiger partial charge in [-0.05, 0) is 30.2 Å². The van der Waals surface area contributed by atoms with Gasteiger partial charge in [-0.1, -0.05) is 6.07 Å². The number of rotatable bonds is 3. The quantitative estimate of drug-likeness (QED) is 0.830. The van der Waals surface area contributed by atoms with Crippen LogP contribution in [0, 0.1) is 6.92 Å². The summed E-state index contributed by atoms with van der Waals surface area (Å²) >= 11 is 0. The minimum absolute atomic E-state index is 0.0523. The van der Waals surface area contributed by atoms with Crippen molar-refractivity contribution in [1.82, 2.24) is 4.98 Å². The van der Waals surface area contributed by atoms with Crippen LogP contribution in [-0.2, 0) is 6.42 Å². The Kier molecular flexibility index (Phi) is 2.83. The highest BCUT2D eigenvalue weighted by molar-refractivity contribution is 5.21. The molecule has 3 heteroatoms. The third-order valence-corrected chi connectivity index (χ3v) is 2.33. The van der Waals surface area contributed by atoms with E-state index in [-0.39, 0.29) is 6.04 Å². The number of hydrogen-bond donors (Lipinski definition) is 1. The molecule has 0 aromatic carbocycles. The Balaban J connectivity index is 2.11. The zero-order valence-electron chi connectivity index (χ0n) is 8.68. The number of hydrogen-bond acceptors (Lipinski definition) is 3. The lowest BCUT2D eigenvalue weighted by Gasteiger charge is -2.10. The first-order valence-corrected chi connectivity index (χ1v) is 4.95. The Morgan fingerprint density at radius 3 is 3.00 bits per heavy atom. The normalized spacial score (nSPS) is 12.7. The van der Waals surface area contributed by atoms with Crippen molar-refractivity contribution >= 4 is 0 Å². The summed E-state index contributed by atoms with van der Waals surface area (Å²) in [4.78, 5) is 4.12. The number of aromatic nitrogens is 1. The molecule has 2 rings (SSSR count). The van der Waals surface area contributed by atoms with E-state index in [4.69, 9.17) is 10.2 Å². The Bertz CT molecular complexity index is 423. The standard InChI is InChI=1S/C12H14N2O/c1-9-5-10(8-14-7-9)12(13)6-11-3-2-4-15-11/h2-5,7-8,12H,6,13H2,1H3. The Hall–Kier alpha value is -1.61. The molecule has 0 saturated heterocycles. The van der Waals surface area contributed by atoms with Crippen molar-refractivity contribution in [1.29, 1.82) is 0 Å². The fourth-order valence-electron chi connectivity index (χ4n) is 1.54. The second kappa shape index (κ2) is 4.28. The second-order valence-corrected chi connectivity index (χ2v) is 3.69. The van der Waals surface area contributed by atoms with Crippen LogP contribution in [0.1, 0.15) is 22.9 Å². The van der Waals surface area contributed by atoms with E-state index in [0.29, 0.717) is 6.42 Å². The molecule has 2 aromatic rings. The summed E-state index contributed by atoms with van der Waals surface area (Å²) in [5, 5.41) is 0. The molecule has 78 valence electrons. The average Bonchev–Trinajstić information content (AvgIpc) is 2.70. The molecule has 2 heterocycles. The Morgan fingerprint density at radius 2 is 2.33 bits per heavy atom. The van der Waals surface area contributed by atoms with Gasteiger partial charge in [0.2, 0.25) is 0 Å². The fraction of sp³-hybridized carbons (Fsp3) is 0.250. The number of pyridine rings is 1. The van der Waals surface area contributed by atoms with E-state index in [1.165, 1.54) is 0 Å². The van der Waals surface area contributed by atoms with Gasteiger partial charge in [0, 0.05) is 24.9 Å². The van der Waals surface area contributed by atoms with Crippen molar-refractivity contribution in [3.63, 3.8) is 0 Å². The van der Waals surface area contributed by atoms with Crippen molar-refractivity contribution in [3.8, 4) is 0 Å². The first-order chi connectivity index (χ1) is 7.25. The van der Waals surface area contributed by atoms with Gasteiger partial charge in [-0.15, -0.1) is 0 Å². The predicted octanol–water partition coefficient (Wildman–Crippen LogP) is 2.23. The van der Waals surface area contributed by atoms with E-state index in [1.807, 2.05) is 25.3 Å². The number of aryl methyl sites for hydroxylation is 1. The van der Waals surface area contributed by atoms with Gasteiger partial charge in [0.1, 0.15) is 5.76 Å². The fourth-order valence-corrected chi connectivity index (χ4v) is 1.54. The molecular weight excluding hydrogens is 188 g/mol. The van der Waals surface area contributed by atoms with Gasteiger partial charge in [0.15, 0.2) is 0 Å². The molecule has 1 unspecified atom stereocenters. The minimum atomic E-state index is -0.0523. The van der Waals surface area contributed by atoms with Gasteiger partial charge in [0.25, 0.3) is 0 Å². The SMILES string of the molecule is Cc1cncc(C(N)Cc2ccco2)c1. The molecule has 0 aliphatic rings. The summed E-state index contributed by atoms with van der Waals surface area (Å²) in [6.45, 7) is 2.01. The molecule has 3 nitrogen and oxygen atoms in total. The highest BCUT2D eigenvalue weighted by Crippen LogP contribution is 2.16. The molecule has 0 bridgehead atoms. The molecule has 2 aromatic heterocycles. The van der Waals surface area contributed by atoms with Gasteiger partial charge in [-0.2, -0.15) is 0 Å². The molecule has 15 heavy (non-hydrogen) atoms. The zero-order chi connectivity index (χ0) is 10.7. The molecule has 0 aliphatic carbocycles. The average molecular weight is 202 g/mol. The van der Waals surface area contributed by atoms with Crippen LogP contribution in [0.5, 0.6) is 0 Å². The van der Waals surface area contributed by atoms with E-state index >= 15 is 0 Å². The Morgan fingerprint density at radius 1 is 1.47 bits per heavy atom. The first-order valence-electron chi connectivity index (χ1n) is 4.95. The minimum Gasteiger partial charge on any atom is -0.469 e. The highest BCUT2D eigenvalue weighted by Gasteiger charge is 2.09. The van der Waals surface area contributed by atoms with Gasteiger partial charge >= 0.3 is 0 Å². The largest absolute Gasteiger partial charge is 0.469 e. The smallest absolute Gasteiger partial charge is 0.105 e. The van der Waals surface area contributed by atoms with E-state index in [2.05, 4.69) is 11.1 Å². The van der Waals surface area contributed by atoms with Crippen LogP contribution >= 0.6 is 0 Å². The monoisotopic (exact) mass is 202 g/mol. The Labute approximate surface area is 88.9 Å². The topological polar surface area (TPSA) is 52.0 Å². The lowest BCUT2D eigenvalue weighted by Crippen LogP contribution is -2.13. The first kappa shape index (κ1) is 9.93. The molecule has 0 fully saturated rings. The van der Waals surface area contributed by atoms with Crippen LogP contribution in [0.15, 0.2) is 41.3 Å². The van der Waals surface area contributed by atoms with Gasteiger partial charge in [-0.3, -0.25) is 4.98 Å². The van der Waals surface area contributed by atoms with Crippen molar-refractivity contribution in [2.24, 2.45) is 5.73 Å². The number of nitrogens with zero attached hydrogens (tertiary/aromatic N) is 1. The summed E-state index contributed by atoms with van der Waals surface area (Å²) in [6, 6.07) is 5.81. The van der Waals surface area contributed by atoms with E-state index in [1.54, 1.807) is 12.5 Å². The lowest BCUT2D eigenvalue weighted by atomic mass is 10.0. The molecule has 2 N–H and O–H groups in total. The predicted molar refractivity (Wildman–Crippen MR) is 58.3 cm³/mol. The van der Waals surface area contributed by atoms with Crippen molar-refractivity contribution in [2.45, 2.75) is 19.4 Å². The van der Waals surface area contributed by atoms with Gasteiger partial charge in [-0.25, -0.2) is 0 Å². The molecule has 0 spiro atoms. The molecular formula is C12H14N2O. The van der Waals surface area contributed by atoms with E-state index < -0.39 is 0 Å². The van der Waals surface area contributed by atoms with Crippen LogP contribution in [0.2, 0.25) is 0 Å². The summed E-state index contributed by atoms with van der Waals surface area (Å²) in [7, 11) is 0. The zero-order valence-corrected chi connectivity index (χ0v) is 8.68. The third kappa shape index (κ3) is 2.44. The summed E-state index contributed by atoms with van der Waals surface area (Å²) < 4.78 is 5.26. The number of nitrogens with two attached hydrogens (primary N) is 1. The third-order valence-electron chi connectivity index (χ3n) is 2.33. The van der Waals surface area contributed by atoms with Crippen LogP contribution in [0.25, 0.3) is 0 Å². The maximum absolute atomic E-state index is 6.06. The van der Waals surface area contributed by atoms with Crippen molar-refractivity contribution < 1.29 is 4.42 Å². The van der Waals surface area contributed by atoms with Crippen LogP contribution in [-0.4, -0.2) is 4.98 Å². The molecule has 0 aliphatic heterocycles. The number of furan rings is 1. The second-order valence-electron chi connectivity index (χ2n) is 3.69. The molecule has 0 saturated carbocycles. The summed E-state index contributed by atoms with van der Waals surface area (Å²) in [5.41, 5.74) is 8.23. The van der Waals surface area contributed by atoms with Crippen LogP contribution in [0.3, 0.4) is 0 Å². The molecule has 1 atom stereocenters. The maximum atomic E-state index is 6.06. The molecule has 0 radical (unpaired) electrons. The van der Waals surface area contributed by atoms with Crippen molar-refractivity contribution in [2.75, 3.05) is 0 Å². The van der Waals surface area contributed by atoms with Gasteiger partial charge < -0.3 is 10.2 Å². The lowest BCUT2D eigenvalue weighted by molar-refractivity contribution is 0.488. The van der Waals surface area contributed by atoms with Crippen molar-refractivity contribution in [3.05, 3.63) is 53.7 Å². The summed E-state index contributed by atoms with van der Waals surface area (Å²) in [6.07, 6.45) is 6.00. The maximum Gasteiger partial charge on any atom is 0.105 e. The molecule has 0 amide bonds.